The summed E-state index contributed by atoms with van der Waals surface area (Å²) in [6.07, 6.45) is 4.05. The molecule has 3 amide bonds. The SMILES string of the molecule is C/C=C/[C@@H](OC)[C@@H](C)C(=O)N[C@H](C(=O)N[C@@H](C)C(=O)N1CCCC(C)(C(=O)O)N1)C(C)C. The van der Waals surface area contributed by atoms with Crippen molar-refractivity contribution in [2.24, 2.45) is 11.8 Å². The van der Waals surface area contributed by atoms with Crippen molar-refractivity contribution in [2.75, 3.05) is 13.7 Å². The Morgan fingerprint density at radius 1 is 1.12 bits per heavy atom. The van der Waals surface area contributed by atoms with Gasteiger partial charge in [0.1, 0.15) is 17.6 Å². The Hall–Kier alpha value is -2.46. The number of rotatable bonds is 10. The van der Waals surface area contributed by atoms with Crippen molar-refractivity contribution in [3.63, 3.8) is 0 Å². The number of carbonyl (C=O) groups is 4. The number of nitrogens with one attached hydrogen (secondary N) is 3. The van der Waals surface area contributed by atoms with Gasteiger partial charge in [0, 0.05) is 13.7 Å². The lowest BCUT2D eigenvalue weighted by atomic mass is 9.94. The maximum atomic E-state index is 12.9. The molecule has 1 aliphatic rings. The van der Waals surface area contributed by atoms with Crippen molar-refractivity contribution in [3.05, 3.63) is 12.2 Å². The molecule has 32 heavy (non-hydrogen) atoms. The number of methoxy groups -OCH3 is 1. The number of carboxylic acids is 1. The van der Waals surface area contributed by atoms with E-state index in [1.54, 1.807) is 32.9 Å². The molecular weight excluding hydrogens is 416 g/mol. The average Bonchev–Trinajstić information content (AvgIpc) is 2.73. The van der Waals surface area contributed by atoms with Crippen molar-refractivity contribution in [1.29, 1.82) is 0 Å². The van der Waals surface area contributed by atoms with Gasteiger partial charge in [0.25, 0.3) is 5.91 Å². The molecule has 1 unspecified atom stereocenters. The number of hydrogen-bond donors (Lipinski definition) is 4. The second-order valence-corrected chi connectivity index (χ2v) is 8.82. The monoisotopic (exact) mass is 454 g/mol. The predicted octanol–water partition coefficient (Wildman–Crippen LogP) is 0.829. The van der Waals surface area contributed by atoms with Crippen LogP contribution in [0.15, 0.2) is 12.2 Å². The molecule has 0 radical (unpaired) electrons. The number of aliphatic carboxylic acids is 1. The van der Waals surface area contributed by atoms with Crippen LogP contribution in [0.5, 0.6) is 0 Å². The Morgan fingerprint density at radius 2 is 1.75 bits per heavy atom. The van der Waals surface area contributed by atoms with Crippen molar-refractivity contribution >= 4 is 23.7 Å². The van der Waals surface area contributed by atoms with E-state index in [2.05, 4.69) is 16.1 Å². The molecule has 0 spiro atoms. The van der Waals surface area contributed by atoms with Crippen LogP contribution in [0.4, 0.5) is 0 Å². The van der Waals surface area contributed by atoms with Crippen LogP contribution in [0.25, 0.3) is 0 Å². The Labute approximate surface area is 190 Å². The molecule has 5 atom stereocenters. The van der Waals surface area contributed by atoms with Gasteiger partial charge in [-0.1, -0.05) is 32.9 Å². The van der Waals surface area contributed by atoms with Gasteiger partial charge < -0.3 is 20.5 Å². The van der Waals surface area contributed by atoms with Crippen LogP contribution in [-0.2, 0) is 23.9 Å². The fourth-order valence-electron chi connectivity index (χ4n) is 3.53. The van der Waals surface area contributed by atoms with Gasteiger partial charge >= 0.3 is 5.97 Å². The molecule has 4 N–H and O–H groups in total. The molecule has 1 fully saturated rings. The number of amides is 3. The number of carboxylic acid groups (broad SMARTS) is 1. The summed E-state index contributed by atoms with van der Waals surface area (Å²) in [4.78, 5) is 49.9. The molecule has 0 aromatic heterocycles. The number of allylic oxidation sites excluding steroid dienone is 1. The zero-order valence-corrected chi connectivity index (χ0v) is 20.1. The van der Waals surface area contributed by atoms with Crippen molar-refractivity contribution < 1.29 is 29.0 Å². The molecule has 0 saturated carbocycles. The Balaban J connectivity index is 2.82. The first-order chi connectivity index (χ1) is 14.9. The highest BCUT2D eigenvalue weighted by molar-refractivity contribution is 5.92. The second-order valence-electron chi connectivity index (χ2n) is 8.82. The van der Waals surface area contributed by atoms with Crippen molar-refractivity contribution in [3.8, 4) is 0 Å². The third kappa shape index (κ3) is 7.03. The fourth-order valence-corrected chi connectivity index (χ4v) is 3.53. The molecule has 10 heteroatoms. The minimum atomic E-state index is -1.24. The number of ether oxygens (including phenoxy) is 1. The second kappa shape index (κ2) is 12.0. The van der Waals surface area contributed by atoms with Crippen molar-refractivity contribution in [2.45, 2.75) is 78.1 Å². The summed E-state index contributed by atoms with van der Waals surface area (Å²) in [5.74, 6) is -3.05. The van der Waals surface area contributed by atoms with E-state index in [4.69, 9.17) is 4.74 Å². The molecule has 0 aliphatic carbocycles. The number of hydrogen-bond acceptors (Lipinski definition) is 6. The first-order valence-electron chi connectivity index (χ1n) is 11.0. The highest BCUT2D eigenvalue weighted by Gasteiger charge is 2.40. The summed E-state index contributed by atoms with van der Waals surface area (Å²) in [7, 11) is 1.51. The Bertz CT molecular complexity index is 725. The topological polar surface area (TPSA) is 137 Å². The molecule has 10 nitrogen and oxygen atoms in total. The van der Waals surface area contributed by atoms with Gasteiger partial charge in [-0.15, -0.1) is 0 Å². The number of carbonyl (C=O) groups excluding carboxylic acids is 3. The van der Waals surface area contributed by atoms with E-state index in [9.17, 15) is 24.3 Å². The Kier molecular flexibility index (Phi) is 10.3. The third-order valence-electron chi connectivity index (χ3n) is 5.72. The lowest BCUT2D eigenvalue weighted by Crippen LogP contribution is -2.65. The third-order valence-corrected chi connectivity index (χ3v) is 5.72. The quantitative estimate of drug-likeness (QED) is 0.359. The van der Waals surface area contributed by atoms with E-state index in [0.29, 0.717) is 19.4 Å². The fraction of sp³-hybridized carbons (Fsp3) is 0.727. The van der Waals surface area contributed by atoms with Gasteiger partial charge in [-0.3, -0.25) is 24.2 Å². The van der Waals surface area contributed by atoms with E-state index < -0.39 is 47.4 Å². The summed E-state index contributed by atoms with van der Waals surface area (Å²) in [6.45, 7) is 10.5. The van der Waals surface area contributed by atoms with Crippen LogP contribution in [0, 0.1) is 11.8 Å². The van der Waals surface area contributed by atoms with Crippen LogP contribution in [0.2, 0.25) is 0 Å². The summed E-state index contributed by atoms with van der Waals surface area (Å²) in [5.41, 5.74) is 1.51. The summed E-state index contributed by atoms with van der Waals surface area (Å²) in [5, 5.41) is 16.1. The number of nitrogens with zero attached hydrogens (tertiary/aromatic N) is 1. The highest BCUT2D eigenvalue weighted by Crippen LogP contribution is 2.19. The summed E-state index contributed by atoms with van der Waals surface area (Å²) >= 11 is 0. The molecule has 0 aromatic carbocycles. The van der Waals surface area contributed by atoms with Gasteiger partial charge in [-0.25, -0.2) is 5.43 Å². The number of hydrazine groups is 1. The van der Waals surface area contributed by atoms with Crippen molar-refractivity contribution in [1.82, 2.24) is 21.1 Å². The molecule has 1 aliphatic heterocycles. The highest BCUT2D eigenvalue weighted by atomic mass is 16.5. The van der Waals surface area contributed by atoms with Gasteiger partial charge in [0.15, 0.2) is 0 Å². The minimum Gasteiger partial charge on any atom is -0.480 e. The summed E-state index contributed by atoms with van der Waals surface area (Å²) in [6, 6.07) is -1.75. The molecule has 1 rings (SSSR count). The van der Waals surface area contributed by atoms with E-state index in [0.717, 1.165) is 0 Å². The van der Waals surface area contributed by atoms with Gasteiger partial charge in [-0.05, 0) is 39.5 Å². The molecule has 0 bridgehead atoms. The van der Waals surface area contributed by atoms with E-state index in [-0.39, 0.29) is 11.8 Å². The zero-order valence-electron chi connectivity index (χ0n) is 20.1. The smallest absolute Gasteiger partial charge is 0.325 e. The van der Waals surface area contributed by atoms with Crippen LogP contribution >= 0.6 is 0 Å². The van der Waals surface area contributed by atoms with Crippen LogP contribution in [0.1, 0.15) is 54.4 Å². The van der Waals surface area contributed by atoms with Gasteiger partial charge in [0.05, 0.1) is 12.0 Å². The minimum absolute atomic E-state index is 0.223. The van der Waals surface area contributed by atoms with Crippen LogP contribution < -0.4 is 16.1 Å². The molecule has 1 saturated heterocycles. The first kappa shape index (κ1) is 27.6. The maximum Gasteiger partial charge on any atom is 0.325 e. The molecule has 182 valence electrons. The summed E-state index contributed by atoms with van der Waals surface area (Å²) < 4.78 is 5.33. The normalized spacial score (nSPS) is 22.8. The largest absolute Gasteiger partial charge is 0.480 e. The lowest BCUT2D eigenvalue weighted by molar-refractivity contribution is -0.154. The van der Waals surface area contributed by atoms with Gasteiger partial charge in [0.2, 0.25) is 11.8 Å². The first-order valence-corrected chi connectivity index (χ1v) is 11.0. The molecule has 0 aromatic rings. The molecule has 1 heterocycles. The van der Waals surface area contributed by atoms with E-state index >= 15 is 0 Å². The lowest BCUT2D eigenvalue weighted by Gasteiger charge is -2.39. The van der Waals surface area contributed by atoms with E-state index in [1.165, 1.54) is 26.0 Å². The van der Waals surface area contributed by atoms with Crippen LogP contribution in [0.3, 0.4) is 0 Å². The molecular formula is C22H38N4O6. The maximum absolute atomic E-state index is 12.9. The van der Waals surface area contributed by atoms with Crippen LogP contribution in [-0.4, -0.2) is 71.2 Å². The van der Waals surface area contributed by atoms with E-state index in [1.807, 2.05) is 6.92 Å². The zero-order chi connectivity index (χ0) is 24.6. The predicted molar refractivity (Wildman–Crippen MR) is 119 cm³/mol. The van der Waals surface area contributed by atoms with Gasteiger partial charge in [-0.2, -0.15) is 0 Å². The Morgan fingerprint density at radius 3 is 2.25 bits per heavy atom. The average molecular weight is 455 g/mol. The standard InChI is InChI=1S/C22H38N4O6/c1-8-10-16(32-7)14(4)18(27)24-17(13(2)3)19(28)23-15(5)20(29)26-12-9-11-22(6,25-26)21(30)31/h8,10,13-17,25H,9,11-12H2,1-7H3,(H,23,28)(H,24,27)(H,30,31)/b10-8+/t14-,15+,16-,17+,22?/m1/s1.